The summed E-state index contributed by atoms with van der Waals surface area (Å²) in [6.45, 7) is 1.69. The predicted octanol–water partition coefficient (Wildman–Crippen LogP) is 0.421. The summed E-state index contributed by atoms with van der Waals surface area (Å²) in [5.41, 5.74) is 0.455. The monoisotopic (exact) mass is 182 g/mol. The Morgan fingerprint density at radius 2 is 2.31 bits per heavy atom. The van der Waals surface area contributed by atoms with E-state index in [1.165, 1.54) is 13.2 Å². The first kappa shape index (κ1) is 9.44. The Morgan fingerprint density at radius 1 is 1.62 bits per heavy atom. The number of aliphatic carboxylic acids is 1. The van der Waals surface area contributed by atoms with Crippen molar-refractivity contribution in [1.82, 2.24) is 9.97 Å². The largest absolute Gasteiger partial charge is 0.481 e. The van der Waals surface area contributed by atoms with Crippen LogP contribution in [0.5, 0.6) is 5.88 Å². The summed E-state index contributed by atoms with van der Waals surface area (Å²) >= 11 is 0. The van der Waals surface area contributed by atoms with Crippen molar-refractivity contribution in [2.45, 2.75) is 13.3 Å². The normalized spacial score (nSPS) is 9.69. The van der Waals surface area contributed by atoms with E-state index in [-0.39, 0.29) is 6.42 Å². The summed E-state index contributed by atoms with van der Waals surface area (Å²) in [5.74, 6) is -0.0143. The lowest BCUT2D eigenvalue weighted by Gasteiger charge is -2.02. The van der Waals surface area contributed by atoms with Gasteiger partial charge in [0.2, 0.25) is 5.88 Å². The lowest BCUT2D eigenvalue weighted by molar-refractivity contribution is -0.136. The van der Waals surface area contributed by atoms with Gasteiger partial charge in [-0.3, -0.25) is 4.79 Å². The van der Waals surface area contributed by atoms with E-state index in [1.807, 2.05) is 0 Å². The molecule has 0 fully saturated rings. The van der Waals surface area contributed by atoms with Gasteiger partial charge in [0, 0.05) is 6.07 Å². The van der Waals surface area contributed by atoms with Crippen molar-refractivity contribution in [1.29, 1.82) is 0 Å². The van der Waals surface area contributed by atoms with E-state index in [1.54, 1.807) is 6.92 Å². The molecule has 0 saturated carbocycles. The Labute approximate surface area is 75.4 Å². The molecule has 0 radical (unpaired) electrons. The van der Waals surface area contributed by atoms with Crippen molar-refractivity contribution >= 4 is 5.97 Å². The number of aromatic nitrogens is 2. The van der Waals surface area contributed by atoms with Crippen LogP contribution in [-0.2, 0) is 11.2 Å². The third-order valence-corrected chi connectivity index (χ3v) is 1.41. The first-order valence-electron chi connectivity index (χ1n) is 3.72. The molecule has 1 aromatic heterocycles. The van der Waals surface area contributed by atoms with Gasteiger partial charge in [-0.1, -0.05) is 0 Å². The van der Waals surface area contributed by atoms with E-state index < -0.39 is 5.97 Å². The third kappa shape index (κ3) is 2.70. The molecule has 70 valence electrons. The van der Waals surface area contributed by atoms with Crippen LogP contribution >= 0.6 is 0 Å². The minimum absolute atomic E-state index is 0.111. The van der Waals surface area contributed by atoms with Gasteiger partial charge in [-0.05, 0) is 6.92 Å². The molecule has 0 amide bonds. The molecule has 1 heterocycles. The number of ether oxygens (including phenoxy) is 1. The summed E-state index contributed by atoms with van der Waals surface area (Å²) in [5, 5.41) is 8.52. The number of methoxy groups -OCH3 is 1. The van der Waals surface area contributed by atoms with Crippen LogP contribution in [0.3, 0.4) is 0 Å². The minimum Gasteiger partial charge on any atom is -0.481 e. The van der Waals surface area contributed by atoms with E-state index in [0.717, 1.165) is 0 Å². The highest BCUT2D eigenvalue weighted by molar-refractivity contribution is 5.69. The van der Waals surface area contributed by atoms with Crippen LogP contribution in [0.25, 0.3) is 0 Å². The standard InChI is InChI=1S/C8H10N2O3/c1-5-9-6(4-8(11)12)3-7(10-5)13-2/h3H,4H2,1-2H3,(H,11,12). The van der Waals surface area contributed by atoms with Gasteiger partial charge >= 0.3 is 5.97 Å². The summed E-state index contributed by atoms with van der Waals surface area (Å²) < 4.78 is 4.87. The van der Waals surface area contributed by atoms with Gasteiger partial charge in [0.05, 0.1) is 19.2 Å². The molecule has 1 rings (SSSR count). The van der Waals surface area contributed by atoms with Gasteiger partial charge in [-0.25, -0.2) is 4.98 Å². The lowest BCUT2D eigenvalue weighted by Crippen LogP contribution is -2.05. The number of carboxylic acid groups (broad SMARTS) is 1. The van der Waals surface area contributed by atoms with Crippen LogP contribution < -0.4 is 4.74 Å². The zero-order valence-corrected chi connectivity index (χ0v) is 7.44. The van der Waals surface area contributed by atoms with Crippen LogP contribution in [0.1, 0.15) is 11.5 Å². The number of nitrogens with zero attached hydrogens (tertiary/aromatic N) is 2. The van der Waals surface area contributed by atoms with Crippen molar-refractivity contribution in [3.63, 3.8) is 0 Å². The Morgan fingerprint density at radius 3 is 2.85 bits per heavy atom. The van der Waals surface area contributed by atoms with Gasteiger partial charge in [0.25, 0.3) is 0 Å². The van der Waals surface area contributed by atoms with Gasteiger partial charge in [-0.15, -0.1) is 0 Å². The van der Waals surface area contributed by atoms with E-state index >= 15 is 0 Å². The molecule has 0 aliphatic heterocycles. The number of rotatable bonds is 3. The van der Waals surface area contributed by atoms with Gasteiger partial charge in [-0.2, -0.15) is 4.98 Å². The maximum atomic E-state index is 10.4. The molecule has 0 aliphatic carbocycles. The number of aryl methyl sites for hydroxylation is 1. The molecule has 0 spiro atoms. The SMILES string of the molecule is COc1cc(CC(=O)O)nc(C)n1. The fourth-order valence-electron chi connectivity index (χ4n) is 0.949. The fraction of sp³-hybridized carbons (Fsp3) is 0.375. The molecule has 5 nitrogen and oxygen atoms in total. The molecule has 0 bridgehead atoms. The van der Waals surface area contributed by atoms with Crippen LogP contribution in [0.15, 0.2) is 6.07 Å². The maximum Gasteiger partial charge on any atom is 0.309 e. The van der Waals surface area contributed by atoms with Crippen LogP contribution in [0.2, 0.25) is 0 Å². The zero-order chi connectivity index (χ0) is 9.84. The van der Waals surface area contributed by atoms with Crippen molar-refractivity contribution in [3.8, 4) is 5.88 Å². The first-order chi connectivity index (χ1) is 6.11. The molecular formula is C8H10N2O3. The van der Waals surface area contributed by atoms with E-state index in [0.29, 0.717) is 17.4 Å². The number of carbonyl (C=O) groups is 1. The fourth-order valence-corrected chi connectivity index (χ4v) is 0.949. The average molecular weight is 182 g/mol. The van der Waals surface area contributed by atoms with Gasteiger partial charge in [0.15, 0.2) is 0 Å². The zero-order valence-electron chi connectivity index (χ0n) is 7.44. The second-order valence-corrected chi connectivity index (χ2v) is 2.52. The second kappa shape index (κ2) is 3.84. The molecule has 5 heteroatoms. The highest BCUT2D eigenvalue weighted by Crippen LogP contribution is 2.08. The number of hydrogen-bond acceptors (Lipinski definition) is 4. The number of hydrogen-bond donors (Lipinski definition) is 1. The quantitative estimate of drug-likeness (QED) is 0.733. The molecular weight excluding hydrogens is 172 g/mol. The first-order valence-corrected chi connectivity index (χ1v) is 3.72. The average Bonchev–Trinajstić information content (AvgIpc) is 2.01. The molecule has 0 aliphatic rings. The molecule has 1 aromatic rings. The molecule has 0 aromatic carbocycles. The molecule has 0 atom stereocenters. The Kier molecular flexibility index (Phi) is 2.79. The lowest BCUT2D eigenvalue weighted by atomic mass is 10.3. The summed E-state index contributed by atoms with van der Waals surface area (Å²) in [6.07, 6.45) is -0.111. The summed E-state index contributed by atoms with van der Waals surface area (Å²) in [7, 11) is 1.48. The highest BCUT2D eigenvalue weighted by atomic mass is 16.5. The van der Waals surface area contributed by atoms with Crippen molar-refractivity contribution < 1.29 is 14.6 Å². The summed E-state index contributed by atoms with van der Waals surface area (Å²) in [4.78, 5) is 18.3. The third-order valence-electron chi connectivity index (χ3n) is 1.41. The van der Waals surface area contributed by atoms with Gasteiger partial charge < -0.3 is 9.84 Å². The molecule has 1 N–H and O–H groups in total. The molecule has 0 unspecified atom stereocenters. The minimum atomic E-state index is -0.917. The topological polar surface area (TPSA) is 72.3 Å². The Hall–Kier alpha value is -1.65. The van der Waals surface area contributed by atoms with E-state index in [2.05, 4.69) is 9.97 Å². The second-order valence-electron chi connectivity index (χ2n) is 2.52. The van der Waals surface area contributed by atoms with Gasteiger partial charge in [0.1, 0.15) is 5.82 Å². The Bertz CT molecular complexity index is 325. The van der Waals surface area contributed by atoms with Crippen molar-refractivity contribution in [2.24, 2.45) is 0 Å². The van der Waals surface area contributed by atoms with E-state index in [9.17, 15) is 4.79 Å². The molecule has 0 saturated heterocycles. The van der Waals surface area contributed by atoms with Crippen LogP contribution in [0, 0.1) is 6.92 Å². The Balaban J connectivity index is 2.94. The van der Waals surface area contributed by atoms with Crippen molar-refractivity contribution in [2.75, 3.05) is 7.11 Å². The smallest absolute Gasteiger partial charge is 0.309 e. The summed E-state index contributed by atoms with van der Waals surface area (Å²) in [6, 6.07) is 1.52. The van der Waals surface area contributed by atoms with Crippen LogP contribution in [-0.4, -0.2) is 28.2 Å². The predicted molar refractivity (Wildman–Crippen MR) is 44.7 cm³/mol. The van der Waals surface area contributed by atoms with E-state index in [4.69, 9.17) is 9.84 Å². The van der Waals surface area contributed by atoms with Crippen molar-refractivity contribution in [3.05, 3.63) is 17.6 Å². The number of carboxylic acids is 1. The highest BCUT2D eigenvalue weighted by Gasteiger charge is 2.05. The molecule has 13 heavy (non-hydrogen) atoms. The maximum absolute atomic E-state index is 10.4. The van der Waals surface area contributed by atoms with Crippen LogP contribution in [0.4, 0.5) is 0 Å².